The van der Waals surface area contributed by atoms with Crippen LogP contribution in [0.3, 0.4) is 0 Å². The molecule has 0 aromatic heterocycles. The molecule has 6 heteroatoms. The first kappa shape index (κ1) is 27.6. The van der Waals surface area contributed by atoms with E-state index >= 15 is 0 Å². The normalized spacial score (nSPS) is 20.4. The van der Waals surface area contributed by atoms with Gasteiger partial charge in [0.15, 0.2) is 0 Å². The molecule has 1 N–H and O–H groups in total. The molecule has 0 bridgehead atoms. The SMILES string of the molecule is Cc1c(N=S(=O)=O)ccc(C(=O)Nc2c3c(cc4c2C(C)(C)CCC4(C)C)C(C)(C)CCC3(C)C)c1C. The van der Waals surface area contributed by atoms with E-state index in [1.54, 1.807) is 19.1 Å². The van der Waals surface area contributed by atoms with E-state index in [2.05, 4.69) is 71.1 Å². The molecule has 1 amide bonds. The fourth-order valence-corrected chi connectivity index (χ4v) is 6.82. The molecular formula is C31H42N2O3S. The van der Waals surface area contributed by atoms with Gasteiger partial charge in [-0.25, -0.2) is 0 Å². The van der Waals surface area contributed by atoms with Crippen molar-refractivity contribution in [3.63, 3.8) is 0 Å². The molecule has 2 aromatic rings. The van der Waals surface area contributed by atoms with Gasteiger partial charge in [0.05, 0.1) is 5.69 Å². The molecule has 0 fully saturated rings. The maximum Gasteiger partial charge on any atom is 0.316 e. The van der Waals surface area contributed by atoms with Crippen LogP contribution in [-0.2, 0) is 32.2 Å². The summed E-state index contributed by atoms with van der Waals surface area (Å²) in [4.78, 5) is 14.0. The highest BCUT2D eigenvalue weighted by Gasteiger charge is 2.46. The lowest BCUT2D eigenvalue weighted by Gasteiger charge is -2.49. The molecule has 0 heterocycles. The molecule has 0 spiro atoms. The maximum absolute atomic E-state index is 14.0. The van der Waals surface area contributed by atoms with Crippen LogP contribution >= 0.6 is 0 Å². The van der Waals surface area contributed by atoms with Gasteiger partial charge in [-0.05, 0) is 107 Å². The molecule has 4 rings (SSSR count). The van der Waals surface area contributed by atoms with Crippen LogP contribution in [-0.4, -0.2) is 14.3 Å². The van der Waals surface area contributed by atoms with E-state index in [0.717, 1.165) is 36.9 Å². The Bertz CT molecular complexity index is 1380. The highest BCUT2D eigenvalue weighted by molar-refractivity contribution is 7.61. The first-order valence-electron chi connectivity index (χ1n) is 13.3. The number of carbonyl (C=O) groups is 1. The summed E-state index contributed by atoms with van der Waals surface area (Å²) in [6.07, 6.45) is 4.32. The molecule has 0 radical (unpaired) electrons. The van der Waals surface area contributed by atoms with Crippen molar-refractivity contribution < 1.29 is 13.2 Å². The summed E-state index contributed by atoms with van der Waals surface area (Å²) in [6, 6.07) is 5.77. The molecule has 0 atom stereocenters. The topological polar surface area (TPSA) is 75.6 Å². The third kappa shape index (κ3) is 4.67. The minimum Gasteiger partial charge on any atom is -0.321 e. The average Bonchev–Trinajstić information content (AvgIpc) is 2.77. The monoisotopic (exact) mass is 522 g/mol. The van der Waals surface area contributed by atoms with Crippen molar-refractivity contribution in [3.05, 3.63) is 57.1 Å². The van der Waals surface area contributed by atoms with Gasteiger partial charge in [0.1, 0.15) is 0 Å². The quantitative estimate of drug-likeness (QED) is 0.444. The van der Waals surface area contributed by atoms with Crippen molar-refractivity contribution in [2.24, 2.45) is 4.36 Å². The van der Waals surface area contributed by atoms with Gasteiger partial charge in [0.2, 0.25) is 0 Å². The number of fused-ring (bicyclic) bond motifs is 2. The fraction of sp³-hybridized carbons (Fsp3) is 0.581. The standard InChI is InChI=1S/C31H42N2O3S/c1-18-19(2)23(33-37(35)36)12-11-20(18)27(34)32-26-24-21(28(3,4)13-15-30(24,7)8)17-22-25(26)31(9,10)16-14-29(22,5)6/h11-12,17H,13-16H2,1-10H3,(H,32,34). The van der Waals surface area contributed by atoms with Crippen LogP contribution < -0.4 is 5.32 Å². The van der Waals surface area contributed by atoms with Crippen molar-refractivity contribution in [3.8, 4) is 0 Å². The number of hydrogen-bond donors (Lipinski definition) is 1. The van der Waals surface area contributed by atoms with Crippen LogP contribution in [0.4, 0.5) is 11.4 Å². The molecule has 0 saturated carbocycles. The van der Waals surface area contributed by atoms with Crippen LogP contribution in [0.2, 0.25) is 0 Å². The number of rotatable bonds is 3. The number of amides is 1. The van der Waals surface area contributed by atoms with Crippen molar-refractivity contribution in [2.75, 3.05) is 5.32 Å². The zero-order valence-corrected chi connectivity index (χ0v) is 25.0. The molecule has 2 aliphatic carbocycles. The largest absolute Gasteiger partial charge is 0.321 e. The van der Waals surface area contributed by atoms with Crippen molar-refractivity contribution >= 4 is 27.8 Å². The first-order chi connectivity index (χ1) is 16.9. The van der Waals surface area contributed by atoms with E-state index < -0.39 is 10.5 Å². The Hall–Kier alpha value is -2.47. The number of anilines is 1. The molecule has 0 aliphatic heterocycles. The van der Waals surface area contributed by atoms with Gasteiger partial charge in [0.25, 0.3) is 5.91 Å². The number of carbonyl (C=O) groups excluding carboxylic acids is 1. The Balaban J connectivity index is 1.99. The first-order valence-corrected chi connectivity index (χ1v) is 14.4. The van der Waals surface area contributed by atoms with E-state index in [1.165, 1.54) is 22.3 Å². The third-order valence-corrected chi connectivity index (χ3v) is 9.65. The van der Waals surface area contributed by atoms with Crippen molar-refractivity contribution in [2.45, 2.75) is 117 Å². The van der Waals surface area contributed by atoms with Crippen molar-refractivity contribution in [1.82, 2.24) is 0 Å². The number of nitrogens with zero attached hydrogens (tertiary/aromatic N) is 1. The van der Waals surface area contributed by atoms with Gasteiger partial charge in [-0.15, -0.1) is 4.36 Å². The highest BCUT2D eigenvalue weighted by Crippen LogP contribution is 2.56. The Morgan fingerprint density at radius 2 is 1.22 bits per heavy atom. The number of nitrogens with one attached hydrogen (secondary N) is 1. The zero-order valence-electron chi connectivity index (χ0n) is 24.1. The second-order valence-corrected chi connectivity index (χ2v) is 14.4. The third-order valence-electron chi connectivity index (χ3n) is 9.30. The minimum atomic E-state index is -2.55. The molecule has 37 heavy (non-hydrogen) atoms. The van der Waals surface area contributed by atoms with E-state index in [4.69, 9.17) is 0 Å². The summed E-state index contributed by atoms with van der Waals surface area (Å²) in [5, 5.41) is 3.44. The van der Waals surface area contributed by atoms with Gasteiger partial charge in [-0.1, -0.05) is 61.5 Å². The predicted octanol–water partition coefficient (Wildman–Crippen LogP) is 7.95. The van der Waals surface area contributed by atoms with Crippen molar-refractivity contribution in [1.29, 1.82) is 0 Å². The predicted molar refractivity (Wildman–Crippen MR) is 152 cm³/mol. The molecule has 0 saturated heterocycles. The van der Waals surface area contributed by atoms with Gasteiger partial charge >= 0.3 is 10.5 Å². The zero-order chi connectivity index (χ0) is 27.7. The lowest BCUT2D eigenvalue weighted by atomic mass is 9.56. The Kier molecular flexibility index (Phi) is 6.55. The lowest BCUT2D eigenvalue weighted by molar-refractivity contribution is 0.102. The van der Waals surface area contributed by atoms with Crippen LogP contribution in [0.5, 0.6) is 0 Å². The van der Waals surface area contributed by atoms with E-state index in [-0.39, 0.29) is 27.6 Å². The average molecular weight is 523 g/mol. The number of benzene rings is 2. The summed E-state index contributed by atoms with van der Waals surface area (Å²) in [6.45, 7) is 22.2. The maximum atomic E-state index is 14.0. The molecule has 2 aromatic carbocycles. The van der Waals surface area contributed by atoms with E-state index in [1.807, 2.05) is 6.92 Å². The molecular weight excluding hydrogens is 480 g/mol. The Labute approximate surface area is 224 Å². The smallest absolute Gasteiger partial charge is 0.316 e. The number of hydrogen-bond acceptors (Lipinski definition) is 4. The van der Waals surface area contributed by atoms with Crippen LogP contribution in [0.25, 0.3) is 0 Å². The second-order valence-electron chi connectivity index (χ2n) is 13.8. The minimum absolute atomic E-state index is 0.0146. The van der Waals surface area contributed by atoms with E-state index in [9.17, 15) is 13.2 Å². The summed E-state index contributed by atoms with van der Waals surface area (Å²) in [5.41, 5.74) is 8.43. The fourth-order valence-electron chi connectivity index (χ4n) is 6.46. The second kappa shape index (κ2) is 8.79. The highest BCUT2D eigenvalue weighted by atomic mass is 32.2. The summed E-state index contributed by atoms with van der Waals surface area (Å²) >= 11 is 0. The van der Waals surface area contributed by atoms with Crippen LogP contribution in [0, 0.1) is 13.8 Å². The summed E-state index contributed by atoms with van der Waals surface area (Å²) in [5.74, 6) is -0.163. The van der Waals surface area contributed by atoms with Gasteiger partial charge in [-0.3, -0.25) is 4.79 Å². The van der Waals surface area contributed by atoms with Crippen LogP contribution in [0.1, 0.15) is 125 Å². The lowest BCUT2D eigenvalue weighted by Crippen LogP contribution is -2.41. The van der Waals surface area contributed by atoms with E-state index in [0.29, 0.717) is 16.8 Å². The molecule has 0 unspecified atom stereocenters. The van der Waals surface area contributed by atoms with Gasteiger partial charge < -0.3 is 5.32 Å². The Morgan fingerprint density at radius 1 is 0.757 bits per heavy atom. The molecule has 5 nitrogen and oxygen atoms in total. The van der Waals surface area contributed by atoms with Crippen LogP contribution in [0.15, 0.2) is 22.6 Å². The molecule has 200 valence electrons. The summed E-state index contributed by atoms with van der Waals surface area (Å²) < 4.78 is 26.0. The van der Waals surface area contributed by atoms with Gasteiger partial charge in [-0.2, -0.15) is 8.42 Å². The summed E-state index contributed by atoms with van der Waals surface area (Å²) in [7, 11) is -2.55. The molecule has 2 aliphatic rings. The van der Waals surface area contributed by atoms with Gasteiger partial charge in [0, 0.05) is 11.3 Å². The Morgan fingerprint density at radius 3 is 1.68 bits per heavy atom.